The van der Waals surface area contributed by atoms with E-state index in [1.54, 1.807) is 0 Å². The summed E-state index contributed by atoms with van der Waals surface area (Å²) >= 11 is 2.24. The fourth-order valence-corrected chi connectivity index (χ4v) is 3.26. The van der Waals surface area contributed by atoms with Crippen molar-refractivity contribution in [2.24, 2.45) is 5.92 Å². The highest BCUT2D eigenvalue weighted by Crippen LogP contribution is 2.19. The fourth-order valence-electron chi connectivity index (χ4n) is 2.74. The van der Waals surface area contributed by atoms with E-state index in [1.165, 1.54) is 16.7 Å². The largest absolute Gasteiger partial charge is 0.325 e. The van der Waals surface area contributed by atoms with E-state index in [0.29, 0.717) is 12.3 Å². The van der Waals surface area contributed by atoms with Crippen LogP contribution in [0.5, 0.6) is 0 Å². The first-order valence-electron chi connectivity index (χ1n) is 7.55. The molecule has 2 rings (SSSR count). The van der Waals surface area contributed by atoms with Crippen LogP contribution in [0.4, 0.5) is 5.69 Å². The molecule has 0 saturated heterocycles. The van der Waals surface area contributed by atoms with E-state index in [-0.39, 0.29) is 5.91 Å². The van der Waals surface area contributed by atoms with Gasteiger partial charge in [-0.2, -0.15) is 0 Å². The van der Waals surface area contributed by atoms with Crippen LogP contribution >= 0.6 is 22.6 Å². The zero-order valence-electron chi connectivity index (χ0n) is 13.3. The van der Waals surface area contributed by atoms with Gasteiger partial charge in [-0.3, -0.25) is 4.79 Å². The smallest absolute Gasteiger partial charge is 0.224 e. The zero-order valence-corrected chi connectivity index (χ0v) is 15.5. The SMILES string of the molecule is Cc1cc(C)cc(C[C@@H](C)CC(=O)Nc2ccccc2I)c1. The summed E-state index contributed by atoms with van der Waals surface area (Å²) < 4.78 is 1.07. The number of halogens is 1. The van der Waals surface area contributed by atoms with Crippen molar-refractivity contribution in [2.45, 2.75) is 33.6 Å². The molecule has 3 heteroatoms. The van der Waals surface area contributed by atoms with Gasteiger partial charge in [-0.25, -0.2) is 0 Å². The summed E-state index contributed by atoms with van der Waals surface area (Å²) in [5.41, 5.74) is 4.77. The Morgan fingerprint density at radius 1 is 1.14 bits per heavy atom. The average Bonchev–Trinajstić information content (AvgIpc) is 2.39. The third-order valence-corrected chi connectivity index (χ3v) is 4.49. The van der Waals surface area contributed by atoms with E-state index >= 15 is 0 Å². The Kier molecular flexibility index (Phi) is 6.00. The van der Waals surface area contributed by atoms with Crippen LogP contribution in [-0.2, 0) is 11.2 Å². The van der Waals surface area contributed by atoms with Crippen molar-refractivity contribution in [1.29, 1.82) is 0 Å². The van der Waals surface area contributed by atoms with Crippen molar-refractivity contribution in [2.75, 3.05) is 5.32 Å². The summed E-state index contributed by atoms with van der Waals surface area (Å²) in [5, 5.41) is 3.00. The van der Waals surface area contributed by atoms with Gasteiger partial charge in [-0.1, -0.05) is 48.4 Å². The van der Waals surface area contributed by atoms with Crippen LogP contribution in [0, 0.1) is 23.3 Å². The van der Waals surface area contributed by atoms with E-state index < -0.39 is 0 Å². The van der Waals surface area contributed by atoms with Gasteiger partial charge in [-0.05, 0) is 66.5 Å². The van der Waals surface area contributed by atoms with E-state index in [0.717, 1.165) is 15.7 Å². The van der Waals surface area contributed by atoms with Crippen LogP contribution in [0.15, 0.2) is 42.5 Å². The number of amides is 1. The molecule has 0 saturated carbocycles. The number of rotatable bonds is 5. The minimum absolute atomic E-state index is 0.0843. The number of nitrogens with one attached hydrogen (secondary N) is 1. The summed E-state index contributed by atoms with van der Waals surface area (Å²) in [6.45, 7) is 6.36. The minimum atomic E-state index is 0.0843. The molecule has 1 N–H and O–H groups in total. The van der Waals surface area contributed by atoms with Crippen molar-refractivity contribution in [3.05, 3.63) is 62.7 Å². The molecule has 0 aromatic heterocycles. The van der Waals surface area contributed by atoms with Gasteiger partial charge < -0.3 is 5.32 Å². The molecule has 0 spiro atoms. The van der Waals surface area contributed by atoms with Gasteiger partial charge in [0.1, 0.15) is 0 Å². The molecule has 2 nitrogen and oxygen atoms in total. The average molecular weight is 407 g/mol. The summed E-state index contributed by atoms with van der Waals surface area (Å²) in [7, 11) is 0. The van der Waals surface area contributed by atoms with Gasteiger partial charge >= 0.3 is 0 Å². The molecule has 0 heterocycles. The Morgan fingerprint density at radius 2 is 1.77 bits per heavy atom. The van der Waals surface area contributed by atoms with Crippen LogP contribution in [0.3, 0.4) is 0 Å². The van der Waals surface area contributed by atoms with Crippen molar-refractivity contribution in [1.82, 2.24) is 0 Å². The summed E-state index contributed by atoms with van der Waals surface area (Å²) in [5.74, 6) is 0.406. The number of carbonyl (C=O) groups excluding carboxylic acids is 1. The molecule has 0 fully saturated rings. The Balaban J connectivity index is 1.92. The molecular formula is C19H22INO. The predicted octanol–water partition coefficient (Wildman–Crippen LogP) is 5.12. The zero-order chi connectivity index (χ0) is 16.1. The molecule has 116 valence electrons. The molecule has 1 atom stereocenters. The van der Waals surface area contributed by atoms with Gasteiger partial charge in [0.25, 0.3) is 0 Å². The molecule has 0 aliphatic rings. The minimum Gasteiger partial charge on any atom is -0.325 e. The molecule has 0 aliphatic heterocycles. The monoisotopic (exact) mass is 407 g/mol. The molecule has 0 bridgehead atoms. The van der Waals surface area contributed by atoms with Gasteiger partial charge in [0, 0.05) is 9.99 Å². The van der Waals surface area contributed by atoms with Crippen LogP contribution < -0.4 is 5.32 Å². The molecule has 0 unspecified atom stereocenters. The number of hydrogen-bond acceptors (Lipinski definition) is 1. The normalized spacial score (nSPS) is 12.0. The van der Waals surface area contributed by atoms with E-state index in [4.69, 9.17) is 0 Å². The Bertz CT molecular complexity index is 646. The molecular weight excluding hydrogens is 385 g/mol. The van der Waals surface area contributed by atoms with E-state index in [2.05, 4.69) is 66.9 Å². The van der Waals surface area contributed by atoms with Gasteiger partial charge in [0.15, 0.2) is 0 Å². The topological polar surface area (TPSA) is 29.1 Å². The number of para-hydroxylation sites is 1. The maximum atomic E-state index is 12.2. The van der Waals surface area contributed by atoms with E-state index in [1.807, 2.05) is 24.3 Å². The molecule has 2 aromatic rings. The van der Waals surface area contributed by atoms with Crippen molar-refractivity contribution >= 4 is 34.2 Å². The molecule has 22 heavy (non-hydrogen) atoms. The Morgan fingerprint density at radius 3 is 2.41 bits per heavy atom. The molecule has 0 radical (unpaired) electrons. The fraction of sp³-hybridized carbons (Fsp3) is 0.316. The van der Waals surface area contributed by atoms with Gasteiger partial charge in [0.05, 0.1) is 5.69 Å². The quantitative estimate of drug-likeness (QED) is 0.686. The highest BCUT2D eigenvalue weighted by molar-refractivity contribution is 14.1. The summed E-state index contributed by atoms with van der Waals surface area (Å²) in [4.78, 5) is 12.2. The maximum Gasteiger partial charge on any atom is 0.224 e. The lowest BCUT2D eigenvalue weighted by molar-refractivity contribution is -0.116. The highest BCUT2D eigenvalue weighted by atomic mass is 127. The number of benzene rings is 2. The highest BCUT2D eigenvalue weighted by Gasteiger charge is 2.11. The second-order valence-electron chi connectivity index (χ2n) is 6.04. The number of hydrogen-bond donors (Lipinski definition) is 1. The standard InChI is InChI=1S/C19H22INO/c1-13-8-14(2)10-16(9-13)11-15(3)12-19(22)21-18-7-5-4-6-17(18)20/h4-10,15H,11-12H2,1-3H3,(H,21,22)/t15-/m1/s1. The maximum absolute atomic E-state index is 12.2. The van der Waals surface area contributed by atoms with Crippen molar-refractivity contribution in [3.63, 3.8) is 0 Å². The summed E-state index contributed by atoms with van der Waals surface area (Å²) in [6.07, 6.45) is 1.47. The van der Waals surface area contributed by atoms with Crippen molar-refractivity contribution < 1.29 is 4.79 Å². The second kappa shape index (κ2) is 7.77. The first-order chi connectivity index (χ1) is 10.4. The van der Waals surface area contributed by atoms with E-state index in [9.17, 15) is 4.79 Å². The number of anilines is 1. The van der Waals surface area contributed by atoms with Gasteiger partial charge in [-0.15, -0.1) is 0 Å². The lowest BCUT2D eigenvalue weighted by Gasteiger charge is -2.13. The third kappa shape index (κ3) is 5.13. The predicted molar refractivity (Wildman–Crippen MR) is 101 cm³/mol. The van der Waals surface area contributed by atoms with Crippen LogP contribution in [-0.4, -0.2) is 5.91 Å². The number of carbonyl (C=O) groups is 1. The molecule has 1 amide bonds. The summed E-state index contributed by atoms with van der Waals surface area (Å²) in [6, 6.07) is 14.4. The first kappa shape index (κ1) is 17.0. The van der Waals surface area contributed by atoms with Crippen LogP contribution in [0.1, 0.15) is 30.0 Å². The second-order valence-corrected chi connectivity index (χ2v) is 7.20. The van der Waals surface area contributed by atoms with Gasteiger partial charge in [0.2, 0.25) is 5.91 Å². The first-order valence-corrected chi connectivity index (χ1v) is 8.63. The Hall–Kier alpha value is -1.36. The van der Waals surface area contributed by atoms with Crippen molar-refractivity contribution in [3.8, 4) is 0 Å². The van der Waals surface area contributed by atoms with Crippen LogP contribution in [0.2, 0.25) is 0 Å². The van der Waals surface area contributed by atoms with Crippen LogP contribution in [0.25, 0.3) is 0 Å². The molecule has 2 aromatic carbocycles. The Labute approximate surface area is 146 Å². The lowest BCUT2D eigenvalue weighted by Crippen LogP contribution is -2.17. The molecule has 0 aliphatic carbocycles. The lowest BCUT2D eigenvalue weighted by atomic mass is 9.95. The number of aryl methyl sites for hydroxylation is 2. The third-order valence-electron chi connectivity index (χ3n) is 3.55.